The Hall–Kier alpha value is -2.15. The molecule has 7 heteroatoms. The van der Waals surface area contributed by atoms with E-state index in [0.717, 1.165) is 12.8 Å². The predicted octanol–water partition coefficient (Wildman–Crippen LogP) is 1.47. The fraction of sp³-hybridized carbons (Fsp3) is 0.462. The van der Waals surface area contributed by atoms with Crippen molar-refractivity contribution in [3.05, 3.63) is 33.9 Å². The third-order valence-corrected chi connectivity index (χ3v) is 3.55. The van der Waals surface area contributed by atoms with E-state index in [1.54, 1.807) is 19.1 Å². The van der Waals surface area contributed by atoms with Crippen molar-refractivity contribution < 1.29 is 19.6 Å². The van der Waals surface area contributed by atoms with Crippen LogP contribution >= 0.6 is 0 Å². The Kier molecular flexibility index (Phi) is 3.63. The lowest BCUT2D eigenvalue weighted by Gasteiger charge is -2.24. The standard InChI is InChI=1S/C13H16N2O5/c1-8-3-2-4-10(11(8)15(18)19)20-7-13(14,12(16)17)9-5-6-9/h2-4,9H,5-7,14H2,1H3,(H,16,17). The first-order valence-electron chi connectivity index (χ1n) is 6.25. The second kappa shape index (κ2) is 5.09. The average Bonchev–Trinajstić information content (AvgIpc) is 3.19. The van der Waals surface area contributed by atoms with Crippen molar-refractivity contribution in [1.82, 2.24) is 0 Å². The van der Waals surface area contributed by atoms with Crippen LogP contribution in [0.5, 0.6) is 5.75 Å². The molecule has 1 aliphatic rings. The Bertz CT molecular complexity index is 556. The van der Waals surface area contributed by atoms with Crippen LogP contribution in [-0.4, -0.2) is 28.1 Å². The van der Waals surface area contributed by atoms with Crippen LogP contribution in [0.15, 0.2) is 18.2 Å². The molecule has 7 nitrogen and oxygen atoms in total. The second-order valence-corrected chi connectivity index (χ2v) is 5.09. The number of hydrogen-bond donors (Lipinski definition) is 2. The number of carboxylic acid groups (broad SMARTS) is 1. The minimum absolute atomic E-state index is 0.0479. The molecule has 1 aromatic carbocycles. The predicted molar refractivity (Wildman–Crippen MR) is 70.6 cm³/mol. The van der Waals surface area contributed by atoms with Gasteiger partial charge in [0.1, 0.15) is 6.61 Å². The number of nitrogens with two attached hydrogens (primary N) is 1. The zero-order chi connectivity index (χ0) is 14.9. The molecule has 0 aliphatic heterocycles. The highest BCUT2D eigenvalue weighted by Gasteiger charge is 2.49. The Balaban J connectivity index is 2.20. The first-order chi connectivity index (χ1) is 9.36. The number of rotatable bonds is 6. The average molecular weight is 280 g/mol. The second-order valence-electron chi connectivity index (χ2n) is 5.09. The molecule has 0 heterocycles. The third-order valence-electron chi connectivity index (χ3n) is 3.55. The molecule has 20 heavy (non-hydrogen) atoms. The maximum Gasteiger partial charge on any atom is 0.327 e. The van der Waals surface area contributed by atoms with E-state index in [1.165, 1.54) is 6.07 Å². The van der Waals surface area contributed by atoms with Gasteiger partial charge < -0.3 is 15.6 Å². The van der Waals surface area contributed by atoms with E-state index in [1.807, 2.05) is 0 Å². The summed E-state index contributed by atoms with van der Waals surface area (Å²) in [6.07, 6.45) is 1.48. The lowest BCUT2D eigenvalue weighted by molar-refractivity contribution is -0.386. The van der Waals surface area contributed by atoms with Gasteiger partial charge in [-0.15, -0.1) is 0 Å². The van der Waals surface area contributed by atoms with Gasteiger partial charge in [-0.25, -0.2) is 0 Å². The molecule has 1 atom stereocenters. The highest BCUT2D eigenvalue weighted by molar-refractivity contribution is 5.79. The van der Waals surface area contributed by atoms with E-state index < -0.39 is 16.4 Å². The van der Waals surface area contributed by atoms with Gasteiger partial charge in [0.25, 0.3) is 0 Å². The number of aryl methyl sites for hydroxylation is 1. The van der Waals surface area contributed by atoms with Crippen LogP contribution in [0, 0.1) is 23.0 Å². The van der Waals surface area contributed by atoms with Gasteiger partial charge in [0.2, 0.25) is 0 Å². The first-order valence-corrected chi connectivity index (χ1v) is 6.25. The highest BCUT2D eigenvalue weighted by atomic mass is 16.6. The van der Waals surface area contributed by atoms with Gasteiger partial charge in [-0.2, -0.15) is 0 Å². The molecule has 108 valence electrons. The summed E-state index contributed by atoms with van der Waals surface area (Å²) in [5.41, 5.74) is 4.67. The number of hydrogen-bond acceptors (Lipinski definition) is 5. The molecule has 2 rings (SSSR count). The smallest absolute Gasteiger partial charge is 0.327 e. The molecule has 1 aliphatic carbocycles. The minimum Gasteiger partial charge on any atom is -0.484 e. The molecule has 0 radical (unpaired) electrons. The Morgan fingerprint density at radius 2 is 2.25 bits per heavy atom. The van der Waals surface area contributed by atoms with Gasteiger partial charge in [0, 0.05) is 5.56 Å². The fourth-order valence-corrected chi connectivity index (χ4v) is 2.13. The van der Waals surface area contributed by atoms with Gasteiger partial charge in [-0.1, -0.05) is 12.1 Å². The fourth-order valence-electron chi connectivity index (χ4n) is 2.13. The molecule has 0 saturated heterocycles. The van der Waals surface area contributed by atoms with Crippen molar-refractivity contribution in [3.8, 4) is 5.75 Å². The van der Waals surface area contributed by atoms with Crippen molar-refractivity contribution in [2.24, 2.45) is 11.7 Å². The Labute approximate surface area is 115 Å². The van der Waals surface area contributed by atoms with Crippen molar-refractivity contribution in [2.75, 3.05) is 6.61 Å². The summed E-state index contributed by atoms with van der Waals surface area (Å²) in [4.78, 5) is 21.8. The number of carboxylic acids is 1. The van der Waals surface area contributed by atoms with Crippen molar-refractivity contribution in [2.45, 2.75) is 25.3 Å². The molecule has 0 bridgehead atoms. The first kappa shape index (κ1) is 14.3. The van der Waals surface area contributed by atoms with Crippen molar-refractivity contribution in [3.63, 3.8) is 0 Å². The molecular formula is C13H16N2O5. The lowest BCUT2D eigenvalue weighted by atomic mass is 9.96. The van der Waals surface area contributed by atoms with Crippen LogP contribution in [0.4, 0.5) is 5.69 Å². The minimum atomic E-state index is -1.49. The monoisotopic (exact) mass is 280 g/mol. The Morgan fingerprint density at radius 3 is 2.75 bits per heavy atom. The molecule has 1 aromatic rings. The summed E-state index contributed by atoms with van der Waals surface area (Å²) in [6, 6.07) is 4.66. The number of ether oxygens (including phenoxy) is 1. The zero-order valence-electron chi connectivity index (χ0n) is 11.0. The summed E-state index contributed by atoms with van der Waals surface area (Å²) in [5.74, 6) is -1.23. The maximum atomic E-state index is 11.3. The van der Waals surface area contributed by atoms with Gasteiger partial charge >= 0.3 is 11.7 Å². The quantitative estimate of drug-likeness (QED) is 0.602. The van der Waals surface area contributed by atoms with E-state index in [2.05, 4.69) is 0 Å². The summed E-state index contributed by atoms with van der Waals surface area (Å²) in [7, 11) is 0. The molecule has 0 amide bonds. The van der Waals surface area contributed by atoms with Gasteiger partial charge in [0.05, 0.1) is 4.92 Å². The number of aliphatic carboxylic acids is 1. The highest BCUT2D eigenvalue weighted by Crippen LogP contribution is 2.39. The van der Waals surface area contributed by atoms with Crippen molar-refractivity contribution >= 4 is 11.7 Å². The molecule has 0 aromatic heterocycles. The molecule has 3 N–H and O–H groups in total. The maximum absolute atomic E-state index is 11.3. The van der Waals surface area contributed by atoms with Crippen LogP contribution in [0.1, 0.15) is 18.4 Å². The number of carbonyl (C=O) groups is 1. The number of nitrogens with zero attached hydrogens (tertiary/aromatic N) is 1. The SMILES string of the molecule is Cc1cccc(OCC(N)(C(=O)O)C2CC2)c1[N+](=O)[O-]. The largest absolute Gasteiger partial charge is 0.484 e. The van der Waals surface area contributed by atoms with E-state index in [0.29, 0.717) is 5.56 Å². The molecule has 1 fully saturated rings. The normalized spacial score (nSPS) is 17.3. The molecule has 1 unspecified atom stereocenters. The van der Waals surface area contributed by atoms with Crippen molar-refractivity contribution in [1.29, 1.82) is 0 Å². The summed E-state index contributed by atoms with van der Waals surface area (Å²) in [6.45, 7) is 1.32. The summed E-state index contributed by atoms with van der Waals surface area (Å²) in [5, 5.41) is 20.2. The van der Waals surface area contributed by atoms with Crippen LogP contribution in [-0.2, 0) is 4.79 Å². The summed E-state index contributed by atoms with van der Waals surface area (Å²) >= 11 is 0. The summed E-state index contributed by atoms with van der Waals surface area (Å²) < 4.78 is 5.36. The van der Waals surface area contributed by atoms with Gasteiger partial charge in [0.15, 0.2) is 11.3 Å². The lowest BCUT2D eigenvalue weighted by Crippen LogP contribution is -2.54. The van der Waals surface area contributed by atoms with E-state index in [9.17, 15) is 20.0 Å². The Morgan fingerprint density at radius 1 is 1.60 bits per heavy atom. The van der Waals surface area contributed by atoms with E-state index in [4.69, 9.17) is 10.5 Å². The van der Waals surface area contributed by atoms with Crippen LogP contribution in [0.3, 0.4) is 0 Å². The molecule has 1 saturated carbocycles. The zero-order valence-corrected chi connectivity index (χ0v) is 11.0. The van der Waals surface area contributed by atoms with Crippen LogP contribution < -0.4 is 10.5 Å². The number of nitro groups is 1. The topological polar surface area (TPSA) is 116 Å². The number of nitro benzene ring substituents is 1. The molecule has 0 spiro atoms. The van der Waals surface area contributed by atoms with Crippen LogP contribution in [0.25, 0.3) is 0 Å². The van der Waals surface area contributed by atoms with Gasteiger partial charge in [-0.05, 0) is 31.7 Å². The third kappa shape index (κ3) is 2.57. The van der Waals surface area contributed by atoms with E-state index >= 15 is 0 Å². The van der Waals surface area contributed by atoms with Gasteiger partial charge in [-0.3, -0.25) is 14.9 Å². The van der Waals surface area contributed by atoms with Crippen LogP contribution in [0.2, 0.25) is 0 Å². The van der Waals surface area contributed by atoms with E-state index in [-0.39, 0.29) is 24.0 Å². The number of benzene rings is 1. The number of para-hydroxylation sites is 1. The molecular weight excluding hydrogens is 264 g/mol.